The van der Waals surface area contributed by atoms with Crippen molar-refractivity contribution in [3.63, 3.8) is 0 Å². The number of likely N-dealkylation sites (tertiary alicyclic amines) is 1. The van der Waals surface area contributed by atoms with E-state index in [-0.39, 0.29) is 5.91 Å². The summed E-state index contributed by atoms with van der Waals surface area (Å²) in [6, 6.07) is 1.03. The Kier molecular flexibility index (Phi) is 3.09. The van der Waals surface area contributed by atoms with Crippen molar-refractivity contribution in [3.8, 4) is 0 Å². The molecule has 0 aliphatic carbocycles. The molecular formula is C9H18N2O. The van der Waals surface area contributed by atoms with Crippen molar-refractivity contribution in [2.45, 2.75) is 45.2 Å². The molecule has 12 heavy (non-hydrogen) atoms. The molecule has 1 amide bonds. The van der Waals surface area contributed by atoms with Crippen LogP contribution in [0, 0.1) is 0 Å². The quantitative estimate of drug-likeness (QED) is 0.664. The van der Waals surface area contributed by atoms with E-state index in [1.54, 1.807) is 0 Å². The second kappa shape index (κ2) is 3.90. The summed E-state index contributed by atoms with van der Waals surface area (Å²) in [5, 5.41) is 0. The van der Waals surface area contributed by atoms with Gasteiger partial charge in [-0.25, -0.2) is 0 Å². The Balaban J connectivity index is 2.50. The van der Waals surface area contributed by atoms with Crippen LogP contribution in [0.3, 0.4) is 0 Å². The van der Waals surface area contributed by atoms with Crippen LogP contribution in [0.2, 0.25) is 0 Å². The molecule has 70 valence electrons. The van der Waals surface area contributed by atoms with Gasteiger partial charge >= 0.3 is 0 Å². The topological polar surface area (TPSA) is 46.3 Å². The predicted octanol–water partition coefficient (Wildman–Crippen LogP) is 0.735. The Labute approximate surface area is 73.9 Å². The van der Waals surface area contributed by atoms with Gasteiger partial charge in [0.05, 0.1) is 6.54 Å². The second-order valence-corrected chi connectivity index (χ2v) is 3.77. The highest BCUT2D eigenvalue weighted by atomic mass is 16.1. The van der Waals surface area contributed by atoms with E-state index < -0.39 is 0 Å². The molecular weight excluding hydrogens is 152 g/mol. The van der Waals surface area contributed by atoms with Crippen molar-refractivity contribution in [1.82, 2.24) is 4.90 Å². The van der Waals surface area contributed by atoms with Gasteiger partial charge in [0.1, 0.15) is 0 Å². The summed E-state index contributed by atoms with van der Waals surface area (Å²) in [5.41, 5.74) is 5.17. The fourth-order valence-corrected chi connectivity index (χ4v) is 1.97. The molecule has 0 radical (unpaired) electrons. The van der Waals surface area contributed by atoms with Crippen LogP contribution in [0.5, 0.6) is 0 Å². The van der Waals surface area contributed by atoms with Gasteiger partial charge in [-0.1, -0.05) is 6.42 Å². The molecule has 0 aromatic rings. The minimum Gasteiger partial charge on any atom is -0.369 e. The van der Waals surface area contributed by atoms with Crippen LogP contribution >= 0.6 is 0 Å². The number of amides is 1. The first kappa shape index (κ1) is 9.52. The normalized spacial score (nSPS) is 31.8. The summed E-state index contributed by atoms with van der Waals surface area (Å²) in [5.74, 6) is -0.212. The van der Waals surface area contributed by atoms with E-state index in [1.807, 2.05) is 0 Å². The van der Waals surface area contributed by atoms with Crippen molar-refractivity contribution >= 4 is 5.91 Å². The lowest BCUT2D eigenvalue weighted by atomic mass is 9.98. The Hall–Kier alpha value is -0.570. The van der Waals surface area contributed by atoms with Gasteiger partial charge in [0.2, 0.25) is 5.91 Å². The largest absolute Gasteiger partial charge is 0.369 e. The minimum absolute atomic E-state index is 0.212. The second-order valence-electron chi connectivity index (χ2n) is 3.77. The monoisotopic (exact) mass is 170 g/mol. The molecule has 0 aromatic carbocycles. The van der Waals surface area contributed by atoms with Crippen LogP contribution in [0.1, 0.15) is 33.1 Å². The predicted molar refractivity (Wildman–Crippen MR) is 48.7 cm³/mol. The molecule has 1 rings (SSSR count). The van der Waals surface area contributed by atoms with Gasteiger partial charge in [0, 0.05) is 12.1 Å². The highest BCUT2D eigenvalue weighted by Gasteiger charge is 2.25. The first-order chi connectivity index (χ1) is 5.61. The molecule has 2 N–H and O–H groups in total. The summed E-state index contributed by atoms with van der Waals surface area (Å²) >= 11 is 0. The lowest BCUT2D eigenvalue weighted by Gasteiger charge is -2.37. The number of nitrogens with zero attached hydrogens (tertiary/aromatic N) is 1. The SMILES string of the molecule is C[C@@H]1CCC[C@H](C)N1CC(N)=O. The van der Waals surface area contributed by atoms with E-state index in [2.05, 4.69) is 18.7 Å². The molecule has 1 heterocycles. The lowest BCUT2D eigenvalue weighted by molar-refractivity contribution is -0.120. The average molecular weight is 170 g/mol. The maximum Gasteiger partial charge on any atom is 0.231 e. The minimum atomic E-state index is -0.212. The van der Waals surface area contributed by atoms with Crippen LogP contribution < -0.4 is 5.73 Å². The highest BCUT2D eigenvalue weighted by molar-refractivity contribution is 5.76. The first-order valence-corrected chi connectivity index (χ1v) is 4.65. The Morgan fingerprint density at radius 3 is 2.33 bits per heavy atom. The van der Waals surface area contributed by atoms with Gasteiger partial charge in [-0.3, -0.25) is 9.69 Å². The van der Waals surface area contributed by atoms with E-state index in [4.69, 9.17) is 5.73 Å². The van der Waals surface area contributed by atoms with Crippen LogP contribution in [0.25, 0.3) is 0 Å². The van der Waals surface area contributed by atoms with E-state index in [0.29, 0.717) is 18.6 Å². The number of carbonyl (C=O) groups excluding carboxylic acids is 1. The van der Waals surface area contributed by atoms with E-state index >= 15 is 0 Å². The Morgan fingerprint density at radius 2 is 1.92 bits per heavy atom. The number of hydrogen-bond acceptors (Lipinski definition) is 2. The molecule has 0 aromatic heterocycles. The van der Waals surface area contributed by atoms with Gasteiger partial charge in [0.25, 0.3) is 0 Å². The number of nitrogens with two attached hydrogens (primary N) is 1. The molecule has 1 fully saturated rings. The fraction of sp³-hybridized carbons (Fsp3) is 0.889. The third-order valence-corrected chi connectivity index (χ3v) is 2.71. The van der Waals surface area contributed by atoms with Gasteiger partial charge < -0.3 is 5.73 Å². The molecule has 2 atom stereocenters. The molecule has 0 unspecified atom stereocenters. The van der Waals surface area contributed by atoms with Gasteiger partial charge in [-0.2, -0.15) is 0 Å². The molecule has 1 aliphatic heterocycles. The van der Waals surface area contributed by atoms with Crippen molar-refractivity contribution in [2.24, 2.45) is 5.73 Å². The zero-order valence-electron chi connectivity index (χ0n) is 7.92. The van der Waals surface area contributed by atoms with Gasteiger partial charge in [-0.15, -0.1) is 0 Å². The zero-order chi connectivity index (χ0) is 9.14. The number of carbonyl (C=O) groups is 1. The van der Waals surface area contributed by atoms with E-state index in [1.165, 1.54) is 19.3 Å². The molecule has 0 spiro atoms. The van der Waals surface area contributed by atoms with Crippen molar-refractivity contribution in [1.29, 1.82) is 0 Å². The molecule has 1 aliphatic rings. The van der Waals surface area contributed by atoms with Gasteiger partial charge in [0.15, 0.2) is 0 Å². The van der Waals surface area contributed by atoms with Crippen LogP contribution in [0.15, 0.2) is 0 Å². The van der Waals surface area contributed by atoms with Crippen LogP contribution in [-0.4, -0.2) is 29.4 Å². The molecule has 1 saturated heterocycles. The fourth-order valence-electron chi connectivity index (χ4n) is 1.97. The summed E-state index contributed by atoms with van der Waals surface area (Å²) < 4.78 is 0. The smallest absolute Gasteiger partial charge is 0.231 e. The average Bonchev–Trinajstić information content (AvgIpc) is 1.97. The summed E-state index contributed by atoms with van der Waals surface area (Å²) in [6.07, 6.45) is 3.66. The van der Waals surface area contributed by atoms with Crippen molar-refractivity contribution < 1.29 is 4.79 Å². The van der Waals surface area contributed by atoms with E-state index in [0.717, 1.165) is 0 Å². The van der Waals surface area contributed by atoms with Crippen molar-refractivity contribution in [2.75, 3.05) is 6.54 Å². The summed E-state index contributed by atoms with van der Waals surface area (Å²) in [4.78, 5) is 12.9. The molecule has 3 heteroatoms. The maximum atomic E-state index is 10.7. The lowest BCUT2D eigenvalue weighted by Crippen LogP contribution is -2.47. The highest BCUT2D eigenvalue weighted by Crippen LogP contribution is 2.21. The molecule has 3 nitrogen and oxygen atoms in total. The standard InChI is InChI=1S/C9H18N2O/c1-7-4-3-5-8(2)11(7)6-9(10)12/h7-8H,3-6H2,1-2H3,(H2,10,12)/t7-,8+. The van der Waals surface area contributed by atoms with Crippen molar-refractivity contribution in [3.05, 3.63) is 0 Å². The third kappa shape index (κ3) is 2.21. The number of primary amides is 1. The van der Waals surface area contributed by atoms with Crippen LogP contribution in [-0.2, 0) is 4.79 Å². The molecule has 0 bridgehead atoms. The molecule has 0 saturated carbocycles. The van der Waals surface area contributed by atoms with Gasteiger partial charge in [-0.05, 0) is 26.7 Å². The number of hydrogen-bond donors (Lipinski definition) is 1. The summed E-state index contributed by atoms with van der Waals surface area (Å²) in [6.45, 7) is 4.75. The van der Waals surface area contributed by atoms with Crippen LogP contribution in [0.4, 0.5) is 0 Å². The third-order valence-electron chi connectivity index (χ3n) is 2.71. The zero-order valence-corrected chi connectivity index (χ0v) is 7.92. The number of rotatable bonds is 2. The first-order valence-electron chi connectivity index (χ1n) is 4.65. The summed E-state index contributed by atoms with van der Waals surface area (Å²) in [7, 11) is 0. The Morgan fingerprint density at radius 1 is 1.42 bits per heavy atom. The maximum absolute atomic E-state index is 10.7. The van der Waals surface area contributed by atoms with E-state index in [9.17, 15) is 4.79 Å². The number of piperidine rings is 1. The Bertz CT molecular complexity index is 160.